The highest BCUT2D eigenvalue weighted by Gasteiger charge is 2.26. The molecule has 0 atom stereocenters. The van der Waals surface area contributed by atoms with Crippen LogP contribution in [0.15, 0.2) is 192 Å². The molecule has 0 aliphatic heterocycles. The quantitative estimate of drug-likeness (QED) is 0.176. The zero-order valence-electron chi connectivity index (χ0n) is 30.6. The Morgan fingerprint density at radius 3 is 1.75 bits per heavy atom. The molecule has 5 heteroatoms. The first-order valence-corrected chi connectivity index (χ1v) is 20.0. The molecule has 0 aliphatic rings. The van der Waals surface area contributed by atoms with Gasteiger partial charge >= 0.3 is 0 Å². The van der Waals surface area contributed by atoms with Crippen molar-refractivity contribution in [1.29, 1.82) is 0 Å². The standard InChI is InChI=1S/C52H31N3OS/c1-4-16-32(17-5-1)41-30-35(46-50-47(40-24-11-14-26-44(40)56-50)54-52(53-46)34-20-8-3-9-21-34)31-42(33-18-6-2-7-19-33)48(41)55-43-25-13-10-22-36(43)38-28-29-39-37-23-12-15-27-45(37)57-51(39)49(38)55/h1-31H. The number of thiophene rings is 1. The maximum absolute atomic E-state index is 6.69. The third-order valence-corrected chi connectivity index (χ3v) is 12.4. The minimum absolute atomic E-state index is 0.658. The van der Waals surface area contributed by atoms with Crippen molar-refractivity contribution < 1.29 is 4.42 Å². The van der Waals surface area contributed by atoms with Gasteiger partial charge < -0.3 is 8.98 Å². The van der Waals surface area contributed by atoms with Crippen LogP contribution < -0.4 is 0 Å². The largest absolute Gasteiger partial charge is 0.452 e. The van der Waals surface area contributed by atoms with E-state index in [1.807, 2.05) is 47.7 Å². The Morgan fingerprint density at radius 1 is 0.456 bits per heavy atom. The van der Waals surface area contributed by atoms with Crippen LogP contribution in [0.3, 0.4) is 0 Å². The summed E-state index contributed by atoms with van der Waals surface area (Å²) in [6.07, 6.45) is 0. The summed E-state index contributed by atoms with van der Waals surface area (Å²) in [4.78, 5) is 10.5. The molecule has 4 heterocycles. The van der Waals surface area contributed by atoms with E-state index in [4.69, 9.17) is 14.4 Å². The van der Waals surface area contributed by atoms with Gasteiger partial charge in [0.15, 0.2) is 11.4 Å². The number of hydrogen-bond donors (Lipinski definition) is 0. The van der Waals surface area contributed by atoms with Gasteiger partial charge in [0, 0.05) is 53.9 Å². The average molecular weight is 746 g/mol. The number of rotatable bonds is 5. The maximum Gasteiger partial charge on any atom is 0.180 e. The third kappa shape index (κ3) is 4.93. The van der Waals surface area contributed by atoms with Gasteiger partial charge in [-0.05, 0) is 47.5 Å². The van der Waals surface area contributed by atoms with Gasteiger partial charge in [-0.15, -0.1) is 11.3 Å². The first-order valence-electron chi connectivity index (χ1n) is 19.2. The molecule has 0 fully saturated rings. The minimum Gasteiger partial charge on any atom is -0.452 e. The fourth-order valence-electron chi connectivity index (χ4n) is 8.65. The summed E-state index contributed by atoms with van der Waals surface area (Å²) in [5, 5.41) is 5.98. The van der Waals surface area contributed by atoms with Gasteiger partial charge in [-0.25, -0.2) is 9.97 Å². The van der Waals surface area contributed by atoms with Gasteiger partial charge in [0.25, 0.3) is 0 Å². The molecule has 0 N–H and O–H groups in total. The molecule has 4 aromatic heterocycles. The van der Waals surface area contributed by atoms with E-state index >= 15 is 0 Å². The zero-order valence-corrected chi connectivity index (χ0v) is 31.4. The van der Waals surface area contributed by atoms with Gasteiger partial charge in [-0.2, -0.15) is 0 Å². The highest BCUT2D eigenvalue weighted by Crippen LogP contribution is 2.48. The Bertz CT molecular complexity index is 3450. The van der Waals surface area contributed by atoms with Crippen LogP contribution in [0.4, 0.5) is 0 Å². The maximum atomic E-state index is 6.69. The van der Waals surface area contributed by atoms with E-state index in [1.165, 1.54) is 36.5 Å². The molecule has 12 aromatic rings. The third-order valence-electron chi connectivity index (χ3n) is 11.2. The second-order valence-corrected chi connectivity index (χ2v) is 15.5. The lowest BCUT2D eigenvalue weighted by Gasteiger charge is -2.21. The second-order valence-electron chi connectivity index (χ2n) is 14.5. The molecule has 8 aromatic carbocycles. The van der Waals surface area contributed by atoms with Crippen molar-refractivity contribution in [3.05, 3.63) is 188 Å². The van der Waals surface area contributed by atoms with Gasteiger partial charge in [0.1, 0.15) is 16.8 Å². The molecule has 266 valence electrons. The molecular formula is C52H31N3OS. The Labute approximate surface area is 331 Å². The summed E-state index contributed by atoms with van der Waals surface area (Å²) < 4.78 is 11.8. The summed E-state index contributed by atoms with van der Waals surface area (Å²) in [6.45, 7) is 0. The van der Waals surface area contributed by atoms with Gasteiger partial charge in [0.2, 0.25) is 0 Å². The first-order chi connectivity index (χ1) is 28.3. The minimum atomic E-state index is 0.658. The van der Waals surface area contributed by atoms with Gasteiger partial charge in [-0.1, -0.05) is 152 Å². The fraction of sp³-hybridized carbons (Fsp3) is 0. The summed E-state index contributed by atoms with van der Waals surface area (Å²) >= 11 is 1.87. The van der Waals surface area contributed by atoms with Crippen LogP contribution in [0.1, 0.15) is 0 Å². The lowest BCUT2D eigenvalue weighted by Crippen LogP contribution is -2.02. The highest BCUT2D eigenvalue weighted by atomic mass is 32.1. The molecule has 0 bridgehead atoms. The number of fused-ring (bicyclic) bond motifs is 10. The number of para-hydroxylation sites is 2. The number of aromatic nitrogens is 3. The molecule has 4 nitrogen and oxygen atoms in total. The Morgan fingerprint density at radius 2 is 1.04 bits per heavy atom. The van der Waals surface area contributed by atoms with Crippen LogP contribution in [0.5, 0.6) is 0 Å². The molecule has 0 saturated heterocycles. The zero-order chi connectivity index (χ0) is 37.5. The number of hydrogen-bond acceptors (Lipinski definition) is 4. The summed E-state index contributed by atoms with van der Waals surface area (Å²) in [5.74, 6) is 0.658. The van der Waals surface area contributed by atoms with Crippen molar-refractivity contribution in [1.82, 2.24) is 14.5 Å². The van der Waals surface area contributed by atoms with Crippen molar-refractivity contribution in [3.8, 4) is 50.6 Å². The van der Waals surface area contributed by atoms with E-state index in [-0.39, 0.29) is 0 Å². The van der Waals surface area contributed by atoms with E-state index in [2.05, 4.69) is 156 Å². The van der Waals surface area contributed by atoms with E-state index in [9.17, 15) is 0 Å². The van der Waals surface area contributed by atoms with Crippen molar-refractivity contribution in [2.24, 2.45) is 0 Å². The highest BCUT2D eigenvalue weighted by molar-refractivity contribution is 7.26. The molecule has 12 rings (SSSR count). The van der Waals surface area contributed by atoms with Gasteiger partial charge in [-0.3, -0.25) is 0 Å². The molecule has 0 aliphatic carbocycles. The molecule has 0 radical (unpaired) electrons. The smallest absolute Gasteiger partial charge is 0.180 e. The normalized spacial score (nSPS) is 11.9. The predicted octanol–water partition coefficient (Wildman–Crippen LogP) is 14.5. The number of nitrogens with zero attached hydrogens (tertiary/aromatic N) is 3. The molecule has 0 spiro atoms. The van der Waals surface area contributed by atoms with Crippen molar-refractivity contribution >= 4 is 75.4 Å². The van der Waals surface area contributed by atoms with Crippen LogP contribution in [0.25, 0.3) is 115 Å². The van der Waals surface area contributed by atoms with Crippen LogP contribution >= 0.6 is 11.3 Å². The lowest BCUT2D eigenvalue weighted by molar-refractivity contribution is 0.667. The van der Waals surface area contributed by atoms with E-state index < -0.39 is 0 Å². The Balaban J connectivity index is 1.26. The molecular weight excluding hydrogens is 715 g/mol. The fourth-order valence-corrected chi connectivity index (χ4v) is 9.89. The van der Waals surface area contributed by atoms with Crippen LogP contribution in [-0.2, 0) is 0 Å². The molecule has 0 saturated carbocycles. The lowest BCUT2D eigenvalue weighted by atomic mass is 9.91. The van der Waals surface area contributed by atoms with E-state index in [0.29, 0.717) is 11.4 Å². The van der Waals surface area contributed by atoms with Crippen molar-refractivity contribution in [3.63, 3.8) is 0 Å². The predicted molar refractivity (Wildman–Crippen MR) is 238 cm³/mol. The summed E-state index contributed by atoms with van der Waals surface area (Å²) in [5.41, 5.74) is 12.8. The van der Waals surface area contributed by atoms with Crippen LogP contribution in [0.2, 0.25) is 0 Å². The second kappa shape index (κ2) is 12.6. The average Bonchev–Trinajstić information content (AvgIpc) is 3.96. The van der Waals surface area contributed by atoms with Crippen LogP contribution in [0, 0.1) is 0 Å². The van der Waals surface area contributed by atoms with Crippen molar-refractivity contribution in [2.45, 2.75) is 0 Å². The van der Waals surface area contributed by atoms with E-state index in [1.54, 1.807) is 0 Å². The molecule has 57 heavy (non-hydrogen) atoms. The summed E-state index contributed by atoms with van der Waals surface area (Å²) in [7, 11) is 0. The topological polar surface area (TPSA) is 43.9 Å². The van der Waals surface area contributed by atoms with Crippen molar-refractivity contribution in [2.75, 3.05) is 0 Å². The Kier molecular flexibility index (Phi) is 7.06. The Hall–Kier alpha value is -7.34. The molecule has 0 unspecified atom stereocenters. The summed E-state index contributed by atoms with van der Waals surface area (Å²) in [6, 6.07) is 66.7. The first kappa shape index (κ1) is 32.0. The number of furan rings is 1. The number of benzene rings is 8. The monoisotopic (exact) mass is 745 g/mol. The SMILES string of the molecule is c1ccc(-c2nc(-c3cc(-c4ccccc4)c(-n4c5ccccc5c5ccc6c7ccccc7sc6c54)c(-c4ccccc4)c3)c3oc4ccccc4c3n2)cc1. The van der Waals surface area contributed by atoms with Crippen LogP contribution in [-0.4, -0.2) is 14.5 Å². The van der Waals surface area contributed by atoms with Gasteiger partial charge in [0.05, 0.1) is 21.4 Å². The van der Waals surface area contributed by atoms with E-state index in [0.717, 1.165) is 66.8 Å². The molecule has 0 amide bonds.